The number of unbranched alkanes of at least 4 members (excludes halogenated alkanes) is 6. The number of hydrogen-bond donors (Lipinski definition) is 23. The predicted octanol–water partition coefficient (Wildman–Crippen LogP) is -4.50. The lowest BCUT2D eigenvalue weighted by molar-refractivity contribution is -0.156. The molecule has 3 aromatic carbocycles. The molecule has 1 aromatic heterocycles. The number of nitrogens with two attached hydrogens (primary N) is 3. The minimum absolute atomic E-state index is 0.0186. The number of carboxylic acid groups (broad SMARTS) is 4. The van der Waals surface area contributed by atoms with Gasteiger partial charge in [0.2, 0.25) is 88.6 Å². The molecule has 760 valence electrons. The average molecular weight is 1960 g/mol. The van der Waals surface area contributed by atoms with Gasteiger partial charge >= 0.3 is 35.9 Å². The Kier molecular flexibility index (Phi) is 45.8. The minimum Gasteiger partial charge on any atom is -0.481 e. The van der Waals surface area contributed by atoms with E-state index >= 15 is 0 Å². The van der Waals surface area contributed by atoms with Gasteiger partial charge in [0, 0.05) is 67.6 Å². The topological polar surface area (TPSA) is 773 Å². The molecule has 51 heteroatoms. The first-order chi connectivity index (χ1) is 65.9. The zero-order valence-electron chi connectivity index (χ0n) is 77.0. The van der Waals surface area contributed by atoms with E-state index in [4.69, 9.17) is 31.4 Å². The molecule has 7 rings (SSSR count). The van der Waals surface area contributed by atoms with Crippen molar-refractivity contribution in [3.8, 4) is 0 Å². The summed E-state index contributed by atoms with van der Waals surface area (Å²) in [4.78, 5) is 302. The highest BCUT2D eigenvalue weighted by Gasteiger charge is 2.42. The fourth-order valence-electron chi connectivity index (χ4n) is 14.6. The Hall–Kier alpha value is -15.0. The van der Waals surface area contributed by atoms with E-state index in [9.17, 15) is 135 Å². The number of ketones is 1. The molecule has 4 aromatic rings. The van der Waals surface area contributed by atoms with Crippen molar-refractivity contribution < 1.29 is 150 Å². The van der Waals surface area contributed by atoms with Gasteiger partial charge in [0.25, 0.3) is 0 Å². The number of aliphatic hydroxyl groups excluding tert-OH is 1. The van der Waals surface area contributed by atoms with Crippen LogP contribution in [0.5, 0.6) is 0 Å². The maximum Gasteiger partial charge on any atom is 0.414 e. The lowest BCUT2D eigenvalue weighted by atomic mass is 9.96. The van der Waals surface area contributed by atoms with E-state index in [1.165, 1.54) is 42.2 Å². The van der Waals surface area contributed by atoms with Crippen molar-refractivity contribution in [1.29, 1.82) is 0 Å². The molecule has 0 radical (unpaired) electrons. The number of nitrogens with one attached hydrogen (secondary N) is 15. The number of amides is 16. The van der Waals surface area contributed by atoms with Crippen molar-refractivity contribution in [2.24, 2.45) is 17.4 Å². The Labute approximate surface area is 795 Å². The van der Waals surface area contributed by atoms with E-state index in [2.05, 4.69) is 70.4 Å². The molecule has 0 bridgehead atoms. The number of rotatable bonds is 39. The van der Waals surface area contributed by atoms with Gasteiger partial charge in [0.05, 0.1) is 89.5 Å². The smallest absolute Gasteiger partial charge is 0.414 e. The van der Waals surface area contributed by atoms with E-state index in [1.807, 2.05) is 20.9 Å². The van der Waals surface area contributed by atoms with Gasteiger partial charge in [-0.05, 0) is 87.5 Å². The SMILES string of the molecule is CC(=O)NC[C@H]1CN(c2ccc(N3CCOCC3)c(F)c2)C(=O)O1.CCCCCCCCCC(=O)N[C@@H](Cc1c[nH]c2ccccc12)C(=O)N[C@@H](CC(N)=O)C(=O)N[C@@H](CC(=O)O)C(=O)N[C@H]1C(=O)NCC(=O)N[C@@H](CCCN)C(=O)N[C@@H](CC(=O)O)C(=O)N[C@H](C)C(=O)N[C@@H](CC(=O)O)C(=O)NCC(=O)N[C@H](CO)C(=O)N[C@H]([C@@H](C)CC(=O)O)C(=O)N[C@@H](CC(=O)c2ccccc2N)C(=O)O[C@@H]1C. The zero-order chi connectivity index (χ0) is 103. The molecule has 3 aliphatic heterocycles. The van der Waals surface area contributed by atoms with Crippen LogP contribution in [0.3, 0.4) is 0 Å². The van der Waals surface area contributed by atoms with Crippen LogP contribution in [-0.4, -0.2) is 305 Å². The molecule has 50 nitrogen and oxygen atoms in total. The number of ether oxygens (including phenoxy) is 3. The van der Waals surface area contributed by atoms with Crippen molar-refractivity contribution in [2.75, 3.05) is 81.2 Å². The number of anilines is 3. The second-order valence-corrected chi connectivity index (χ2v) is 33.0. The van der Waals surface area contributed by atoms with Crippen LogP contribution in [0.15, 0.2) is 72.9 Å². The summed E-state index contributed by atoms with van der Waals surface area (Å²) in [5, 5.41) is 81.3. The molecule has 4 heterocycles. The summed E-state index contributed by atoms with van der Waals surface area (Å²) in [7, 11) is 0. The van der Waals surface area contributed by atoms with Gasteiger partial charge in [-0.2, -0.15) is 0 Å². The number of benzene rings is 3. The number of nitrogen functional groups attached to an aromatic ring is 1. The van der Waals surface area contributed by atoms with E-state index in [1.54, 1.807) is 42.6 Å². The number of aromatic amines is 1. The molecule has 0 spiro atoms. The van der Waals surface area contributed by atoms with Crippen LogP contribution in [-0.2, 0) is 117 Å². The molecule has 0 aliphatic carbocycles. The Balaban J connectivity index is 0.00000106. The van der Waals surface area contributed by atoms with Crippen molar-refractivity contribution in [3.63, 3.8) is 0 Å². The highest BCUT2D eigenvalue weighted by molar-refractivity contribution is 6.05. The summed E-state index contributed by atoms with van der Waals surface area (Å²) in [6.07, 6.45) is -3.31. The third kappa shape index (κ3) is 37.5. The molecule has 0 saturated carbocycles. The van der Waals surface area contributed by atoms with E-state index in [0.29, 0.717) is 67.0 Å². The standard InChI is InChI=1S/C72H101N17O26.C16H20FN3O4/c1-5-6-7-8-9-10-11-22-53(93)81-44(25-38-31-76-42-20-15-13-17-39(38)42)66(108)84-45(27-52(75)92)67(109)86-48(30-59(102)103)68(110)89-61-37(4)115-72(114)49(26-51(91)40-18-12-14-19-41(40)74)87-71(113)60(35(2)24-56(96)97)88-69(111)50(34-90)82-55(95)32-77-63(105)46(28-57(98)99)83-62(104)36(3)79-65(107)47(29-58(100)101)85-64(106)43(21-16-23-73)80-54(94)33-78-70(61)112;1-11(21)18-9-13-10-20(16(22)24-13)12-2-3-15(14(17)8-12)19-4-6-23-7-5-19/h12-15,17-20,31,35-37,43-50,60-61,76,90H,5-11,16,21-30,32-34,73-74H2,1-4H3,(H2,75,92)(H,77,105)(H,78,112)(H,79,107)(H,80,94)(H,81,93)(H,82,95)(H,83,104)(H,84,108)(H,85,106)(H,86,109)(H,87,113)(H,88,111)(H,89,110)(H,96,97)(H,98,99)(H,100,101)(H,102,103);2-3,8,13H,4-7,9-10H2,1H3,(H,18,21)/t35-,36+,37+,43-,44-,45-,46-,47-,48-,49-,50+,60+,61+;13-/m00/s1. The number of aromatic nitrogens is 1. The normalized spacial score (nSPS) is 21.1. The number of carboxylic acids is 4. The van der Waals surface area contributed by atoms with Crippen LogP contribution in [0.1, 0.15) is 153 Å². The second kappa shape index (κ2) is 56.5. The van der Waals surface area contributed by atoms with Crippen LogP contribution in [0.4, 0.5) is 26.2 Å². The highest BCUT2D eigenvalue weighted by Crippen LogP contribution is 2.29. The number of carbonyl (C=O) groups excluding carboxylic acids is 18. The van der Waals surface area contributed by atoms with E-state index < -0.39 is 274 Å². The van der Waals surface area contributed by atoms with Gasteiger partial charge in [0.15, 0.2) is 5.78 Å². The lowest BCUT2D eigenvalue weighted by Crippen LogP contribution is -2.62. The lowest BCUT2D eigenvalue weighted by Gasteiger charge is -2.30. The molecule has 26 N–H and O–H groups in total. The van der Waals surface area contributed by atoms with Crippen molar-refractivity contribution in [2.45, 2.75) is 222 Å². The number of aliphatic carboxylic acids is 4. The maximum absolute atomic E-state index is 14.8. The van der Waals surface area contributed by atoms with Crippen LogP contribution in [0, 0.1) is 11.7 Å². The van der Waals surface area contributed by atoms with Crippen LogP contribution in [0.2, 0.25) is 0 Å². The summed E-state index contributed by atoms with van der Waals surface area (Å²) in [5.74, 6) is -30.3. The molecular formula is C88H121FN20O30. The number of cyclic esters (lactones) is 2. The van der Waals surface area contributed by atoms with Crippen molar-refractivity contribution in [3.05, 3.63) is 89.9 Å². The summed E-state index contributed by atoms with van der Waals surface area (Å²) < 4.78 is 30.6. The van der Waals surface area contributed by atoms with Gasteiger partial charge in [-0.25, -0.2) is 14.0 Å². The highest BCUT2D eigenvalue weighted by atomic mass is 19.1. The molecule has 0 unspecified atom stereocenters. The number of Topliss-reactive ketones (excluding diaryl/α,β-unsaturated/α-hetero) is 1. The number of halogens is 1. The molecular weight excluding hydrogens is 1840 g/mol. The molecule has 16 amide bonds. The first kappa shape index (κ1) is 113. The van der Waals surface area contributed by atoms with Gasteiger partial charge in [-0.1, -0.05) is 82.7 Å². The number of para-hydroxylation sites is 2. The van der Waals surface area contributed by atoms with Crippen molar-refractivity contribution >= 4 is 158 Å². The number of H-pyrrole nitrogens is 1. The number of morpholine rings is 1. The summed E-state index contributed by atoms with van der Waals surface area (Å²) in [5.41, 5.74) is 19.0. The number of esters is 1. The molecule has 14 atom stereocenters. The third-order valence-electron chi connectivity index (χ3n) is 21.9. The van der Waals surface area contributed by atoms with Crippen LogP contribution >= 0.6 is 0 Å². The largest absolute Gasteiger partial charge is 0.481 e. The fraction of sp³-hybridized carbons (Fsp3) is 0.523. The van der Waals surface area contributed by atoms with Crippen LogP contribution < -0.4 is 101 Å². The minimum atomic E-state index is -2.45. The first-order valence-electron chi connectivity index (χ1n) is 44.7. The first-order valence-corrected chi connectivity index (χ1v) is 44.7. The van der Waals surface area contributed by atoms with E-state index in [0.717, 1.165) is 52.9 Å². The van der Waals surface area contributed by atoms with Gasteiger partial charge in [-0.15, -0.1) is 0 Å². The Morgan fingerprint density at radius 1 is 0.590 bits per heavy atom. The van der Waals surface area contributed by atoms with Gasteiger partial charge in [0.1, 0.15) is 84.5 Å². The summed E-state index contributed by atoms with van der Waals surface area (Å²) in [6, 6.07) is -5.82. The number of hydrogen-bond acceptors (Lipinski definition) is 29. The number of fused-ring (bicyclic) bond motifs is 1. The van der Waals surface area contributed by atoms with Crippen molar-refractivity contribution in [1.82, 2.24) is 79.4 Å². The third-order valence-corrected chi connectivity index (χ3v) is 21.9. The monoisotopic (exact) mass is 1960 g/mol. The van der Waals surface area contributed by atoms with Gasteiger partial charge < -0.3 is 141 Å². The van der Waals surface area contributed by atoms with Gasteiger partial charge in [-0.3, -0.25) is 101 Å². The Bertz CT molecular complexity index is 5090. The zero-order valence-corrected chi connectivity index (χ0v) is 77.0. The molecule has 139 heavy (non-hydrogen) atoms. The van der Waals surface area contributed by atoms with Crippen LogP contribution in [0.25, 0.3) is 10.9 Å². The number of nitrogens with zero attached hydrogens (tertiary/aromatic N) is 2. The number of aliphatic hydroxyl groups is 1. The summed E-state index contributed by atoms with van der Waals surface area (Å²) >= 11 is 0. The molecule has 3 saturated heterocycles. The number of primary amides is 1. The summed E-state index contributed by atoms with van der Waals surface area (Å²) in [6.45, 7) is 5.45. The fourth-order valence-corrected chi connectivity index (χ4v) is 14.6. The Morgan fingerprint density at radius 2 is 1.17 bits per heavy atom. The second-order valence-electron chi connectivity index (χ2n) is 33.0. The Morgan fingerprint density at radius 3 is 1.78 bits per heavy atom. The van der Waals surface area contributed by atoms with E-state index in [-0.39, 0.29) is 61.9 Å². The number of carbonyl (C=O) groups is 22. The molecule has 3 aliphatic rings. The average Bonchev–Trinajstić information content (AvgIpc) is 1.69. The quantitative estimate of drug-likeness (QED) is 0.00866. The maximum atomic E-state index is 14.8. The predicted molar refractivity (Wildman–Crippen MR) is 486 cm³/mol. The molecule has 3 fully saturated rings.